The van der Waals surface area contributed by atoms with Crippen LogP contribution in [0.15, 0.2) is 23.2 Å². The van der Waals surface area contributed by atoms with Crippen LogP contribution < -0.4 is 0 Å². The van der Waals surface area contributed by atoms with Gasteiger partial charge in [0.25, 0.3) is 0 Å². The normalized spacial score (nSPS) is 14.9. The molecule has 76 valence electrons. The number of hydrogen-bond donors (Lipinski definition) is 1. The maximum Gasteiger partial charge on any atom is 0.208 e. The Balaban J connectivity index is 2.82. The summed E-state index contributed by atoms with van der Waals surface area (Å²) in [4.78, 5) is 23.2. The molecule has 1 N–H and O–H groups in total. The summed E-state index contributed by atoms with van der Waals surface area (Å²) < 4.78 is 0. The number of ketones is 2. The fourth-order valence-electron chi connectivity index (χ4n) is 1.62. The molecule has 0 radical (unpaired) electrons. The Morgan fingerprint density at radius 2 is 1.87 bits per heavy atom. The van der Waals surface area contributed by atoms with Gasteiger partial charge in [-0.15, -0.1) is 0 Å². The molecule has 0 saturated carbocycles. The molecule has 0 bridgehead atoms. The molecule has 0 aliphatic heterocycles. The molecule has 0 amide bonds. The maximum absolute atomic E-state index is 11.6. The summed E-state index contributed by atoms with van der Waals surface area (Å²) >= 11 is 5.59. The lowest BCUT2D eigenvalue weighted by atomic mass is 9.90. The molecule has 1 aromatic rings. The minimum absolute atomic E-state index is 0.00694. The van der Waals surface area contributed by atoms with E-state index >= 15 is 0 Å². The molecule has 0 atom stereocenters. The van der Waals surface area contributed by atoms with Crippen LogP contribution in [-0.4, -0.2) is 16.7 Å². The smallest absolute Gasteiger partial charge is 0.208 e. The summed E-state index contributed by atoms with van der Waals surface area (Å²) in [5, 5.41) is 9.37. The third-order valence-corrected chi connectivity index (χ3v) is 2.62. The lowest BCUT2D eigenvalue weighted by Gasteiger charge is -2.14. The lowest BCUT2D eigenvalue weighted by molar-refractivity contribution is 0.0987. The highest BCUT2D eigenvalue weighted by Gasteiger charge is 2.28. The van der Waals surface area contributed by atoms with Gasteiger partial charge in [0.1, 0.15) is 5.75 Å². The predicted molar refractivity (Wildman–Crippen MR) is 55.4 cm³/mol. The first-order valence-corrected chi connectivity index (χ1v) is 4.69. The number of carbonyl (C=O) groups excluding carboxylic acids is 2. The SMILES string of the molecule is Cc1ccc(O)c2c1C(=O)C=C(Cl)C2=O. The van der Waals surface area contributed by atoms with E-state index in [0.717, 1.165) is 6.08 Å². The third kappa shape index (κ3) is 1.36. The Labute approximate surface area is 91.0 Å². The minimum atomic E-state index is -0.507. The minimum Gasteiger partial charge on any atom is -0.507 e. The van der Waals surface area contributed by atoms with Crippen molar-refractivity contribution in [2.75, 3.05) is 0 Å². The highest BCUT2D eigenvalue weighted by Crippen LogP contribution is 2.32. The van der Waals surface area contributed by atoms with Gasteiger partial charge in [-0.05, 0) is 18.6 Å². The second kappa shape index (κ2) is 3.21. The molecule has 0 spiro atoms. The second-order valence-corrected chi connectivity index (χ2v) is 3.74. The Hall–Kier alpha value is -1.61. The monoisotopic (exact) mass is 222 g/mol. The largest absolute Gasteiger partial charge is 0.507 e. The fourth-order valence-corrected chi connectivity index (χ4v) is 1.81. The Morgan fingerprint density at radius 3 is 2.53 bits per heavy atom. The van der Waals surface area contributed by atoms with Gasteiger partial charge in [-0.3, -0.25) is 9.59 Å². The van der Waals surface area contributed by atoms with E-state index in [-0.39, 0.29) is 27.7 Å². The first-order chi connectivity index (χ1) is 7.02. The Morgan fingerprint density at radius 1 is 1.20 bits per heavy atom. The van der Waals surface area contributed by atoms with Gasteiger partial charge in [-0.2, -0.15) is 0 Å². The van der Waals surface area contributed by atoms with Crippen molar-refractivity contribution in [2.45, 2.75) is 6.92 Å². The van der Waals surface area contributed by atoms with Crippen molar-refractivity contribution in [2.24, 2.45) is 0 Å². The number of aromatic hydroxyl groups is 1. The number of aryl methyl sites for hydroxylation is 1. The topological polar surface area (TPSA) is 54.4 Å². The van der Waals surface area contributed by atoms with Crippen molar-refractivity contribution in [1.82, 2.24) is 0 Å². The molecule has 3 nitrogen and oxygen atoms in total. The molecule has 1 aromatic carbocycles. The molecule has 0 saturated heterocycles. The highest BCUT2D eigenvalue weighted by atomic mass is 35.5. The van der Waals surface area contributed by atoms with E-state index in [1.165, 1.54) is 6.07 Å². The number of allylic oxidation sites excluding steroid dienone is 2. The van der Waals surface area contributed by atoms with E-state index in [4.69, 9.17) is 11.6 Å². The number of halogens is 1. The molecular weight excluding hydrogens is 216 g/mol. The molecule has 4 heteroatoms. The third-order valence-electron chi connectivity index (χ3n) is 2.34. The van der Waals surface area contributed by atoms with Gasteiger partial charge >= 0.3 is 0 Å². The molecular formula is C11H7ClO3. The van der Waals surface area contributed by atoms with Crippen molar-refractivity contribution in [3.8, 4) is 5.75 Å². The number of hydrogen-bond acceptors (Lipinski definition) is 3. The highest BCUT2D eigenvalue weighted by molar-refractivity contribution is 6.49. The van der Waals surface area contributed by atoms with Crippen LogP contribution in [-0.2, 0) is 0 Å². The fraction of sp³-hybridized carbons (Fsp3) is 0.0909. The first kappa shape index (κ1) is 9.93. The zero-order valence-electron chi connectivity index (χ0n) is 7.87. The van der Waals surface area contributed by atoms with Gasteiger partial charge in [0, 0.05) is 11.6 Å². The Kier molecular flexibility index (Phi) is 2.12. The van der Waals surface area contributed by atoms with Crippen molar-refractivity contribution in [1.29, 1.82) is 0 Å². The van der Waals surface area contributed by atoms with E-state index in [1.54, 1.807) is 13.0 Å². The summed E-state index contributed by atoms with van der Waals surface area (Å²) in [6.45, 7) is 1.70. The van der Waals surface area contributed by atoms with Crippen LogP contribution in [0.3, 0.4) is 0 Å². The van der Waals surface area contributed by atoms with E-state index in [2.05, 4.69) is 0 Å². The van der Waals surface area contributed by atoms with Crippen LogP contribution in [0.5, 0.6) is 5.75 Å². The lowest BCUT2D eigenvalue weighted by Crippen LogP contribution is -2.16. The second-order valence-electron chi connectivity index (χ2n) is 3.34. The average molecular weight is 223 g/mol. The molecule has 0 unspecified atom stereocenters. The van der Waals surface area contributed by atoms with Crippen LogP contribution in [0.1, 0.15) is 26.3 Å². The number of phenolic OH excluding ortho intramolecular Hbond substituents is 1. The van der Waals surface area contributed by atoms with Gasteiger partial charge in [0.2, 0.25) is 5.78 Å². The van der Waals surface area contributed by atoms with Crippen LogP contribution in [0.25, 0.3) is 0 Å². The summed E-state index contributed by atoms with van der Waals surface area (Å²) in [6, 6.07) is 2.97. The van der Waals surface area contributed by atoms with Crippen molar-refractivity contribution < 1.29 is 14.7 Å². The standard InChI is InChI=1S/C11H7ClO3/c1-5-2-3-7(13)10-9(5)8(14)4-6(12)11(10)15/h2-4,13H,1H3. The summed E-state index contributed by atoms with van der Waals surface area (Å²) in [7, 11) is 0. The average Bonchev–Trinajstić information content (AvgIpc) is 2.18. The van der Waals surface area contributed by atoms with Crippen molar-refractivity contribution in [3.63, 3.8) is 0 Å². The van der Waals surface area contributed by atoms with Crippen LogP contribution >= 0.6 is 11.6 Å². The van der Waals surface area contributed by atoms with E-state index in [9.17, 15) is 14.7 Å². The quantitative estimate of drug-likeness (QED) is 0.732. The number of rotatable bonds is 0. The van der Waals surface area contributed by atoms with Gasteiger partial charge < -0.3 is 5.11 Å². The zero-order valence-corrected chi connectivity index (χ0v) is 8.63. The predicted octanol–water partition coefficient (Wildman–Crippen LogP) is 2.20. The van der Waals surface area contributed by atoms with Gasteiger partial charge in [0.15, 0.2) is 5.78 Å². The molecule has 0 heterocycles. The molecule has 0 fully saturated rings. The van der Waals surface area contributed by atoms with E-state index in [0.29, 0.717) is 5.56 Å². The van der Waals surface area contributed by atoms with Gasteiger partial charge in [-0.25, -0.2) is 0 Å². The summed E-state index contributed by atoms with van der Waals surface area (Å²) in [5.41, 5.74) is 0.901. The summed E-state index contributed by atoms with van der Waals surface area (Å²) in [5.74, 6) is -1.06. The molecule has 1 aliphatic carbocycles. The van der Waals surface area contributed by atoms with Gasteiger partial charge in [0.05, 0.1) is 10.6 Å². The van der Waals surface area contributed by atoms with Crippen LogP contribution in [0.2, 0.25) is 0 Å². The number of benzene rings is 1. The number of Topliss-reactive ketones (excluding diaryl/α,β-unsaturated/α-hetero) is 1. The van der Waals surface area contributed by atoms with Crippen LogP contribution in [0, 0.1) is 6.92 Å². The first-order valence-electron chi connectivity index (χ1n) is 4.31. The maximum atomic E-state index is 11.6. The van der Waals surface area contributed by atoms with Crippen LogP contribution in [0.4, 0.5) is 0 Å². The van der Waals surface area contributed by atoms with Crippen molar-refractivity contribution in [3.05, 3.63) is 39.9 Å². The molecule has 15 heavy (non-hydrogen) atoms. The van der Waals surface area contributed by atoms with E-state index in [1.807, 2.05) is 0 Å². The van der Waals surface area contributed by atoms with E-state index < -0.39 is 5.78 Å². The molecule has 1 aliphatic rings. The number of carbonyl (C=O) groups is 2. The molecule has 2 rings (SSSR count). The summed E-state index contributed by atoms with van der Waals surface area (Å²) in [6.07, 6.45) is 1.08. The van der Waals surface area contributed by atoms with Crippen molar-refractivity contribution >= 4 is 23.2 Å². The van der Waals surface area contributed by atoms with Gasteiger partial charge in [-0.1, -0.05) is 17.7 Å². The Bertz CT molecular complexity index is 515. The number of phenols is 1. The molecule has 0 aromatic heterocycles. The zero-order chi connectivity index (χ0) is 11.2. The number of fused-ring (bicyclic) bond motifs is 1.